The number of aliphatic imine (C=N–C) groups is 1. The number of carbonyl (C=O) groups is 1. The van der Waals surface area contributed by atoms with Crippen molar-refractivity contribution in [1.82, 2.24) is 5.01 Å². The Kier molecular flexibility index (Phi) is 7.08. The van der Waals surface area contributed by atoms with Crippen LogP contribution in [0.25, 0.3) is 0 Å². The second-order valence-electron chi connectivity index (χ2n) is 5.73. The van der Waals surface area contributed by atoms with Crippen molar-refractivity contribution in [2.24, 2.45) is 4.99 Å². The molecule has 0 aromatic heterocycles. The highest BCUT2D eigenvalue weighted by atomic mass is 16.5. The Balaban J connectivity index is 2.23. The first-order valence-corrected chi connectivity index (χ1v) is 8.54. The molecule has 144 valence electrons. The van der Waals surface area contributed by atoms with Crippen LogP contribution in [0.15, 0.2) is 11.1 Å². The lowest BCUT2D eigenvalue weighted by atomic mass is 10.1. The van der Waals surface area contributed by atoms with Gasteiger partial charge >= 0.3 is 5.97 Å². The number of carbonyl (C=O) groups excluding carboxylic acids is 1. The molecule has 0 fully saturated rings. The summed E-state index contributed by atoms with van der Waals surface area (Å²) in [6.45, 7) is 3.34. The van der Waals surface area contributed by atoms with Gasteiger partial charge in [0.1, 0.15) is 12.4 Å². The predicted octanol–water partition coefficient (Wildman–Crippen LogP) is 2.10. The Bertz CT molecular complexity index is 663. The zero-order valence-corrected chi connectivity index (χ0v) is 16.1. The average molecular weight is 365 g/mol. The van der Waals surface area contributed by atoms with E-state index in [4.69, 9.17) is 18.9 Å². The van der Waals surface area contributed by atoms with Crippen LogP contribution in [-0.4, -0.2) is 65.4 Å². The van der Waals surface area contributed by atoms with E-state index in [9.17, 15) is 4.79 Å². The van der Waals surface area contributed by atoms with Gasteiger partial charge in [0.05, 0.1) is 27.9 Å². The molecule has 0 N–H and O–H groups in total. The standard InChI is InChI=1S/C18H27N3O5/c1-6-26-15(22)8-7-9-20(2)21-12-19-11-13-10-14(23-3)17(24-4)18(25-5)16(13)21/h10-11H,6-9,12H2,1-5H3. The molecular formula is C18H27N3O5. The number of hydrazine groups is 1. The summed E-state index contributed by atoms with van der Waals surface area (Å²) in [6, 6.07) is 1.87. The molecule has 0 bridgehead atoms. The highest BCUT2D eigenvalue weighted by molar-refractivity contribution is 5.94. The van der Waals surface area contributed by atoms with Crippen molar-refractivity contribution in [2.75, 3.05) is 53.2 Å². The Morgan fingerprint density at radius 3 is 2.58 bits per heavy atom. The van der Waals surface area contributed by atoms with Gasteiger partial charge in [-0.1, -0.05) is 0 Å². The summed E-state index contributed by atoms with van der Waals surface area (Å²) < 4.78 is 21.5. The van der Waals surface area contributed by atoms with Crippen LogP contribution < -0.4 is 19.2 Å². The quantitative estimate of drug-likeness (QED) is 0.621. The highest BCUT2D eigenvalue weighted by Crippen LogP contribution is 2.47. The molecular weight excluding hydrogens is 338 g/mol. The molecule has 1 aliphatic rings. The number of anilines is 1. The van der Waals surface area contributed by atoms with Crippen LogP contribution in [0.2, 0.25) is 0 Å². The largest absolute Gasteiger partial charge is 0.493 e. The molecule has 2 rings (SSSR count). The third-order valence-corrected chi connectivity index (χ3v) is 4.12. The van der Waals surface area contributed by atoms with Gasteiger partial charge in [-0.25, -0.2) is 5.01 Å². The monoisotopic (exact) mass is 365 g/mol. The second-order valence-corrected chi connectivity index (χ2v) is 5.73. The molecule has 1 heterocycles. The zero-order valence-electron chi connectivity index (χ0n) is 16.1. The first kappa shape index (κ1) is 19.8. The molecule has 0 radical (unpaired) electrons. The zero-order chi connectivity index (χ0) is 19.1. The van der Waals surface area contributed by atoms with Gasteiger partial charge in [-0.2, -0.15) is 0 Å². The lowest BCUT2D eigenvalue weighted by molar-refractivity contribution is -0.143. The molecule has 0 saturated heterocycles. The van der Waals surface area contributed by atoms with Crippen molar-refractivity contribution >= 4 is 17.9 Å². The van der Waals surface area contributed by atoms with Crippen LogP contribution >= 0.6 is 0 Å². The maximum atomic E-state index is 11.5. The Hall–Kier alpha value is -2.48. The van der Waals surface area contributed by atoms with Crippen molar-refractivity contribution in [3.05, 3.63) is 11.6 Å². The van der Waals surface area contributed by atoms with Crippen LogP contribution in [-0.2, 0) is 9.53 Å². The van der Waals surface area contributed by atoms with E-state index in [0.717, 1.165) is 11.3 Å². The van der Waals surface area contributed by atoms with Crippen LogP contribution in [0.1, 0.15) is 25.3 Å². The highest BCUT2D eigenvalue weighted by Gasteiger charge is 2.28. The Morgan fingerprint density at radius 2 is 1.96 bits per heavy atom. The predicted molar refractivity (Wildman–Crippen MR) is 99.5 cm³/mol. The summed E-state index contributed by atoms with van der Waals surface area (Å²) in [7, 11) is 6.72. The van der Waals surface area contributed by atoms with E-state index in [1.807, 2.05) is 23.1 Å². The number of hydrogen-bond acceptors (Lipinski definition) is 8. The summed E-state index contributed by atoms with van der Waals surface area (Å²) in [6.07, 6.45) is 2.86. The van der Waals surface area contributed by atoms with Gasteiger partial charge in [-0.15, -0.1) is 0 Å². The molecule has 8 nitrogen and oxygen atoms in total. The summed E-state index contributed by atoms with van der Waals surface area (Å²) >= 11 is 0. The van der Waals surface area contributed by atoms with E-state index in [2.05, 4.69) is 4.99 Å². The molecule has 8 heteroatoms. The lowest BCUT2D eigenvalue weighted by Gasteiger charge is -2.36. The molecule has 26 heavy (non-hydrogen) atoms. The summed E-state index contributed by atoms with van der Waals surface area (Å²) in [5, 5.41) is 4.02. The molecule has 0 atom stereocenters. The number of nitrogens with zero attached hydrogens (tertiary/aromatic N) is 3. The third-order valence-electron chi connectivity index (χ3n) is 4.12. The molecule has 0 aliphatic carbocycles. The topological polar surface area (TPSA) is 72.8 Å². The Labute approximate surface area is 154 Å². The van der Waals surface area contributed by atoms with Gasteiger partial charge in [-0.3, -0.25) is 14.8 Å². The van der Waals surface area contributed by atoms with E-state index >= 15 is 0 Å². The van der Waals surface area contributed by atoms with Crippen LogP contribution in [0.5, 0.6) is 17.2 Å². The van der Waals surface area contributed by atoms with Gasteiger partial charge in [0.2, 0.25) is 5.75 Å². The fourth-order valence-corrected chi connectivity index (χ4v) is 2.90. The number of fused-ring (bicyclic) bond motifs is 1. The summed E-state index contributed by atoms with van der Waals surface area (Å²) in [5.41, 5.74) is 1.74. The van der Waals surface area contributed by atoms with Gasteiger partial charge in [-0.05, 0) is 19.4 Å². The van der Waals surface area contributed by atoms with Gasteiger partial charge in [0.25, 0.3) is 0 Å². The van der Waals surface area contributed by atoms with Crippen molar-refractivity contribution < 1.29 is 23.7 Å². The first-order valence-electron chi connectivity index (χ1n) is 8.54. The maximum Gasteiger partial charge on any atom is 0.305 e. The Morgan fingerprint density at radius 1 is 1.23 bits per heavy atom. The number of esters is 1. The normalized spacial score (nSPS) is 12.8. The molecule has 0 unspecified atom stereocenters. The average Bonchev–Trinajstić information content (AvgIpc) is 2.65. The van der Waals surface area contributed by atoms with Crippen molar-refractivity contribution in [3.8, 4) is 17.2 Å². The summed E-state index contributed by atoms with van der Waals surface area (Å²) in [5.74, 6) is 1.53. The summed E-state index contributed by atoms with van der Waals surface area (Å²) in [4.78, 5) is 15.9. The van der Waals surface area contributed by atoms with Crippen LogP contribution in [0, 0.1) is 0 Å². The minimum atomic E-state index is -0.179. The second kappa shape index (κ2) is 9.28. The minimum Gasteiger partial charge on any atom is -0.493 e. The lowest BCUT2D eigenvalue weighted by Crippen LogP contribution is -2.43. The van der Waals surface area contributed by atoms with Crippen molar-refractivity contribution in [1.29, 1.82) is 0 Å². The van der Waals surface area contributed by atoms with E-state index in [0.29, 0.717) is 49.9 Å². The molecule has 0 saturated carbocycles. The molecule has 1 aromatic carbocycles. The molecule has 0 amide bonds. The van der Waals surface area contributed by atoms with E-state index < -0.39 is 0 Å². The van der Waals surface area contributed by atoms with Gasteiger partial charge in [0.15, 0.2) is 11.5 Å². The van der Waals surface area contributed by atoms with E-state index in [1.54, 1.807) is 34.5 Å². The fraction of sp³-hybridized carbons (Fsp3) is 0.556. The third kappa shape index (κ3) is 4.19. The number of rotatable bonds is 9. The fourth-order valence-electron chi connectivity index (χ4n) is 2.90. The number of methoxy groups -OCH3 is 3. The number of hydrogen-bond donors (Lipinski definition) is 0. The SMILES string of the molecule is CCOC(=O)CCCN(C)N1CN=Cc2cc(OC)c(OC)c(OC)c21. The van der Waals surface area contributed by atoms with Crippen molar-refractivity contribution in [3.63, 3.8) is 0 Å². The maximum absolute atomic E-state index is 11.5. The first-order chi connectivity index (χ1) is 12.6. The van der Waals surface area contributed by atoms with Gasteiger partial charge < -0.3 is 18.9 Å². The molecule has 1 aromatic rings. The molecule has 1 aliphatic heterocycles. The number of ether oxygens (including phenoxy) is 4. The van der Waals surface area contributed by atoms with E-state index in [1.165, 1.54) is 0 Å². The number of benzene rings is 1. The van der Waals surface area contributed by atoms with Gasteiger partial charge in [0, 0.05) is 31.8 Å². The van der Waals surface area contributed by atoms with Crippen LogP contribution in [0.3, 0.4) is 0 Å². The smallest absolute Gasteiger partial charge is 0.305 e. The van der Waals surface area contributed by atoms with Crippen LogP contribution in [0.4, 0.5) is 5.69 Å². The molecule has 0 spiro atoms. The van der Waals surface area contributed by atoms with Crippen molar-refractivity contribution in [2.45, 2.75) is 19.8 Å². The minimum absolute atomic E-state index is 0.179. The van der Waals surface area contributed by atoms with E-state index in [-0.39, 0.29) is 5.97 Å².